The molecular formula is C9H8NO5. The molecule has 6 heteroatoms. The van der Waals surface area contributed by atoms with Crippen LogP contribution in [-0.4, -0.2) is 23.1 Å². The molecule has 0 saturated carbocycles. The molecule has 0 unspecified atom stereocenters. The van der Waals surface area contributed by atoms with E-state index in [4.69, 9.17) is 5.11 Å². The van der Waals surface area contributed by atoms with Gasteiger partial charge in [0.2, 0.25) is 0 Å². The minimum atomic E-state index is -0.662. The van der Waals surface area contributed by atoms with Crippen LogP contribution in [0.3, 0.4) is 0 Å². The summed E-state index contributed by atoms with van der Waals surface area (Å²) in [6.45, 7) is 0.624. The molecule has 0 aliphatic carbocycles. The molecule has 79 valence electrons. The molecule has 0 saturated heterocycles. The number of aliphatic hydroxyl groups is 1. The molecular weight excluding hydrogens is 202 g/mol. The Morgan fingerprint density at radius 2 is 2.27 bits per heavy atom. The van der Waals surface area contributed by atoms with Crippen molar-refractivity contribution in [1.82, 2.24) is 0 Å². The maximum atomic E-state index is 11.2. The van der Waals surface area contributed by atoms with E-state index in [1.54, 1.807) is 0 Å². The molecule has 1 radical (unpaired) electrons. The van der Waals surface area contributed by atoms with Gasteiger partial charge in [-0.2, -0.15) is 0 Å². The van der Waals surface area contributed by atoms with Crippen LogP contribution in [0.5, 0.6) is 0 Å². The zero-order valence-corrected chi connectivity index (χ0v) is 7.84. The van der Waals surface area contributed by atoms with Gasteiger partial charge in [0.05, 0.1) is 17.6 Å². The smallest absolute Gasteiger partial charge is 0.338 e. The SMILES string of the molecule is COC(=O)c1ccc([N+](=O)[O-])cc1[CH]O. The number of nitrogens with zero attached hydrogens (tertiary/aromatic N) is 1. The highest BCUT2D eigenvalue weighted by molar-refractivity contribution is 5.91. The Hall–Kier alpha value is -1.95. The van der Waals surface area contributed by atoms with Gasteiger partial charge in [-0.05, 0) is 6.07 Å². The van der Waals surface area contributed by atoms with Gasteiger partial charge in [-0.25, -0.2) is 4.79 Å². The van der Waals surface area contributed by atoms with E-state index in [1.165, 1.54) is 19.2 Å². The Bertz CT molecular complexity index is 401. The van der Waals surface area contributed by atoms with Crippen molar-refractivity contribution in [1.29, 1.82) is 0 Å². The maximum Gasteiger partial charge on any atom is 0.338 e. The van der Waals surface area contributed by atoms with E-state index in [1.807, 2.05) is 0 Å². The van der Waals surface area contributed by atoms with Gasteiger partial charge in [0.25, 0.3) is 5.69 Å². The second kappa shape index (κ2) is 4.52. The fourth-order valence-electron chi connectivity index (χ4n) is 1.07. The summed E-state index contributed by atoms with van der Waals surface area (Å²) in [6.07, 6.45) is 0. The topological polar surface area (TPSA) is 89.7 Å². The highest BCUT2D eigenvalue weighted by Gasteiger charge is 2.15. The lowest BCUT2D eigenvalue weighted by Crippen LogP contribution is -2.05. The molecule has 0 atom stereocenters. The number of ether oxygens (including phenoxy) is 1. The quantitative estimate of drug-likeness (QED) is 0.460. The van der Waals surface area contributed by atoms with Crippen LogP contribution in [0.25, 0.3) is 0 Å². The van der Waals surface area contributed by atoms with Crippen molar-refractivity contribution >= 4 is 11.7 Å². The minimum Gasteiger partial charge on any atom is -0.465 e. The van der Waals surface area contributed by atoms with Gasteiger partial charge in [-0.1, -0.05) is 0 Å². The summed E-state index contributed by atoms with van der Waals surface area (Å²) in [5, 5.41) is 19.2. The van der Waals surface area contributed by atoms with Gasteiger partial charge >= 0.3 is 5.97 Å². The second-order valence-corrected chi connectivity index (χ2v) is 2.65. The van der Waals surface area contributed by atoms with E-state index >= 15 is 0 Å². The van der Waals surface area contributed by atoms with Gasteiger partial charge in [0, 0.05) is 17.7 Å². The highest BCUT2D eigenvalue weighted by Crippen LogP contribution is 2.19. The van der Waals surface area contributed by atoms with Gasteiger partial charge in [0.1, 0.15) is 6.61 Å². The number of benzene rings is 1. The predicted octanol–water partition coefficient (Wildman–Crippen LogP) is 1.26. The van der Waals surface area contributed by atoms with E-state index in [2.05, 4.69) is 4.74 Å². The number of carbonyl (C=O) groups excluding carboxylic acids is 1. The molecule has 15 heavy (non-hydrogen) atoms. The van der Waals surface area contributed by atoms with Crippen molar-refractivity contribution < 1.29 is 19.6 Å². The molecule has 6 nitrogen and oxygen atoms in total. The number of rotatable bonds is 3. The monoisotopic (exact) mass is 210 g/mol. The first-order chi connectivity index (χ1) is 7.10. The van der Waals surface area contributed by atoms with Crippen molar-refractivity contribution in [2.75, 3.05) is 7.11 Å². The molecule has 0 amide bonds. The maximum absolute atomic E-state index is 11.2. The van der Waals surface area contributed by atoms with Crippen LogP contribution >= 0.6 is 0 Å². The van der Waals surface area contributed by atoms with Crippen LogP contribution < -0.4 is 0 Å². The summed E-state index contributed by atoms with van der Waals surface area (Å²) in [5.41, 5.74) is -0.0791. The molecule has 1 rings (SSSR count). The van der Waals surface area contributed by atoms with Gasteiger partial charge in [0.15, 0.2) is 0 Å². The first-order valence-corrected chi connectivity index (χ1v) is 3.94. The summed E-state index contributed by atoms with van der Waals surface area (Å²) in [7, 11) is 1.19. The van der Waals surface area contributed by atoms with Crippen molar-refractivity contribution in [2.24, 2.45) is 0 Å². The molecule has 1 aromatic carbocycles. The number of non-ortho nitro benzene ring substituents is 1. The van der Waals surface area contributed by atoms with E-state index in [-0.39, 0.29) is 16.8 Å². The van der Waals surface area contributed by atoms with Crippen LogP contribution in [0.2, 0.25) is 0 Å². The number of nitro groups is 1. The highest BCUT2D eigenvalue weighted by atomic mass is 16.6. The summed E-state index contributed by atoms with van der Waals surface area (Å²) in [5.74, 6) is -0.662. The number of esters is 1. The van der Waals surface area contributed by atoms with E-state index in [9.17, 15) is 14.9 Å². The molecule has 0 heterocycles. The Labute approximate surface area is 85.2 Å². The van der Waals surface area contributed by atoms with Crippen molar-refractivity contribution in [3.05, 3.63) is 46.0 Å². The second-order valence-electron chi connectivity index (χ2n) is 2.65. The molecule has 1 aromatic rings. The minimum absolute atomic E-state index is 0.0519. The zero-order chi connectivity index (χ0) is 11.4. The van der Waals surface area contributed by atoms with Crippen LogP contribution in [0.1, 0.15) is 15.9 Å². The summed E-state index contributed by atoms with van der Waals surface area (Å²) in [6, 6.07) is 3.48. The average Bonchev–Trinajstić information content (AvgIpc) is 2.27. The molecule has 0 aromatic heterocycles. The Morgan fingerprint density at radius 1 is 1.60 bits per heavy atom. The number of aliphatic hydroxyl groups excluding tert-OH is 1. The fourth-order valence-corrected chi connectivity index (χ4v) is 1.07. The number of methoxy groups -OCH3 is 1. The van der Waals surface area contributed by atoms with Gasteiger partial charge < -0.3 is 9.84 Å². The average molecular weight is 210 g/mol. The molecule has 1 N–H and O–H groups in total. The third-order valence-electron chi connectivity index (χ3n) is 1.79. The fraction of sp³-hybridized carbons (Fsp3) is 0.111. The first-order valence-electron chi connectivity index (χ1n) is 3.94. The Kier molecular flexibility index (Phi) is 3.35. The normalized spacial score (nSPS) is 9.73. The van der Waals surface area contributed by atoms with Crippen LogP contribution in [0.4, 0.5) is 5.69 Å². The van der Waals surface area contributed by atoms with E-state index < -0.39 is 10.9 Å². The predicted molar refractivity (Wildman–Crippen MR) is 49.8 cm³/mol. The zero-order valence-electron chi connectivity index (χ0n) is 7.84. The third-order valence-corrected chi connectivity index (χ3v) is 1.79. The first kappa shape index (κ1) is 11.1. The lowest BCUT2D eigenvalue weighted by atomic mass is 10.1. The van der Waals surface area contributed by atoms with E-state index in [0.717, 1.165) is 6.07 Å². The van der Waals surface area contributed by atoms with Crippen molar-refractivity contribution in [3.63, 3.8) is 0 Å². The number of hydrogen-bond donors (Lipinski definition) is 1. The lowest BCUT2D eigenvalue weighted by Gasteiger charge is -2.04. The van der Waals surface area contributed by atoms with Crippen LogP contribution in [0, 0.1) is 16.7 Å². The van der Waals surface area contributed by atoms with E-state index in [0.29, 0.717) is 6.61 Å². The van der Waals surface area contributed by atoms with Crippen molar-refractivity contribution in [2.45, 2.75) is 0 Å². The number of carbonyl (C=O) groups is 1. The lowest BCUT2D eigenvalue weighted by molar-refractivity contribution is -0.384. The summed E-state index contributed by atoms with van der Waals surface area (Å²) < 4.78 is 4.44. The summed E-state index contributed by atoms with van der Waals surface area (Å²) in [4.78, 5) is 20.9. The number of nitro benzene ring substituents is 1. The van der Waals surface area contributed by atoms with Crippen LogP contribution in [-0.2, 0) is 4.74 Å². The molecule has 0 aliphatic heterocycles. The largest absolute Gasteiger partial charge is 0.465 e. The standard InChI is InChI=1S/C9H8NO5/c1-15-9(12)8-3-2-7(10(13)14)4-6(8)5-11/h2-5,11H,1H3. The molecule has 0 fully saturated rings. The number of hydrogen-bond acceptors (Lipinski definition) is 5. The Balaban J connectivity index is 3.20. The van der Waals surface area contributed by atoms with Crippen molar-refractivity contribution in [3.8, 4) is 0 Å². The van der Waals surface area contributed by atoms with Crippen LogP contribution in [0.15, 0.2) is 18.2 Å². The van der Waals surface area contributed by atoms with Gasteiger partial charge in [-0.15, -0.1) is 0 Å². The molecule has 0 spiro atoms. The van der Waals surface area contributed by atoms with Gasteiger partial charge in [-0.3, -0.25) is 10.1 Å². The third kappa shape index (κ3) is 2.29. The molecule has 0 aliphatic rings. The summed E-state index contributed by atoms with van der Waals surface area (Å²) >= 11 is 0. The Morgan fingerprint density at radius 3 is 2.73 bits per heavy atom. The molecule has 0 bridgehead atoms.